The summed E-state index contributed by atoms with van der Waals surface area (Å²) in [4.78, 5) is 37.0. The molecule has 0 fully saturated rings. The molecule has 0 saturated carbocycles. The lowest BCUT2D eigenvalue weighted by Gasteiger charge is -2.08. The van der Waals surface area contributed by atoms with Gasteiger partial charge in [0.1, 0.15) is 11.3 Å². The zero-order valence-corrected chi connectivity index (χ0v) is 14.1. The number of rotatable bonds is 7. The van der Waals surface area contributed by atoms with Crippen molar-refractivity contribution in [2.45, 2.75) is 0 Å². The van der Waals surface area contributed by atoms with Crippen LogP contribution < -0.4 is 16.2 Å². The van der Waals surface area contributed by atoms with Crippen LogP contribution in [0, 0.1) is 10.1 Å². The minimum absolute atomic E-state index is 0.000594. The maximum atomic E-state index is 12.1. The molecule has 9 heteroatoms. The summed E-state index contributed by atoms with van der Waals surface area (Å²) in [5.74, 6) is 0.0131. The maximum absolute atomic E-state index is 12.1. The van der Waals surface area contributed by atoms with E-state index in [4.69, 9.17) is 4.42 Å². The first-order valence-electron chi connectivity index (χ1n) is 8.08. The Labute approximate surface area is 153 Å². The van der Waals surface area contributed by atoms with Crippen molar-refractivity contribution in [1.29, 1.82) is 0 Å². The Hall–Kier alpha value is -3.88. The van der Waals surface area contributed by atoms with Gasteiger partial charge in [-0.05, 0) is 36.4 Å². The van der Waals surface area contributed by atoms with E-state index in [0.29, 0.717) is 23.7 Å². The van der Waals surface area contributed by atoms with Gasteiger partial charge in [-0.3, -0.25) is 19.7 Å². The Morgan fingerprint density at radius 2 is 1.89 bits per heavy atom. The topological polar surface area (TPSA) is 130 Å². The monoisotopic (exact) mass is 368 g/mol. The van der Waals surface area contributed by atoms with Gasteiger partial charge in [-0.15, -0.1) is 0 Å². The molecule has 3 N–H and O–H groups in total. The first kappa shape index (κ1) is 17.9. The highest BCUT2D eigenvalue weighted by molar-refractivity contribution is 5.94. The number of amides is 1. The fraction of sp³-hybridized carbons (Fsp3) is 0.111. The number of hydrogen-bond donors (Lipinski definition) is 3. The molecule has 0 aliphatic rings. The van der Waals surface area contributed by atoms with Gasteiger partial charge in [-0.25, -0.2) is 0 Å². The van der Waals surface area contributed by atoms with Crippen LogP contribution in [0.5, 0.6) is 0 Å². The van der Waals surface area contributed by atoms with Crippen molar-refractivity contribution >= 4 is 17.3 Å². The van der Waals surface area contributed by atoms with Crippen LogP contribution in [0.15, 0.2) is 64.0 Å². The van der Waals surface area contributed by atoms with Gasteiger partial charge in [0.05, 0.1) is 16.9 Å². The Balaban J connectivity index is 1.52. The third-order valence-corrected chi connectivity index (χ3v) is 3.76. The Morgan fingerprint density at radius 1 is 1.11 bits per heavy atom. The van der Waals surface area contributed by atoms with Crippen molar-refractivity contribution in [3.8, 4) is 11.5 Å². The van der Waals surface area contributed by atoms with Crippen LogP contribution in [0.3, 0.4) is 0 Å². The maximum Gasteiger partial charge on any atom is 0.269 e. The molecule has 3 rings (SSSR count). The van der Waals surface area contributed by atoms with Crippen LogP contribution in [-0.2, 0) is 0 Å². The fourth-order valence-electron chi connectivity index (χ4n) is 2.41. The molecule has 1 amide bonds. The second kappa shape index (κ2) is 8.00. The van der Waals surface area contributed by atoms with Gasteiger partial charge >= 0.3 is 0 Å². The van der Waals surface area contributed by atoms with Crippen molar-refractivity contribution in [2.75, 3.05) is 18.4 Å². The molecule has 0 bridgehead atoms. The normalized spacial score (nSPS) is 10.4. The molecule has 0 unspecified atom stereocenters. The molecule has 0 radical (unpaired) electrons. The molecule has 27 heavy (non-hydrogen) atoms. The molecule has 1 aromatic carbocycles. The number of hydrogen-bond acceptors (Lipinski definition) is 6. The molecule has 0 saturated heterocycles. The number of nitro benzene ring substituents is 1. The van der Waals surface area contributed by atoms with Crippen molar-refractivity contribution in [1.82, 2.24) is 10.3 Å². The minimum atomic E-state index is -0.510. The molecule has 2 aromatic heterocycles. The molecule has 138 valence electrons. The van der Waals surface area contributed by atoms with E-state index in [1.54, 1.807) is 30.3 Å². The molecule has 0 aliphatic heterocycles. The number of nitro groups is 1. The van der Waals surface area contributed by atoms with E-state index >= 15 is 0 Å². The first-order valence-corrected chi connectivity index (χ1v) is 8.08. The van der Waals surface area contributed by atoms with Gasteiger partial charge in [0, 0.05) is 30.9 Å². The van der Waals surface area contributed by atoms with E-state index in [0.717, 1.165) is 0 Å². The number of aromatic nitrogens is 1. The molecule has 0 atom stereocenters. The Kier molecular flexibility index (Phi) is 5.31. The molecule has 0 spiro atoms. The van der Waals surface area contributed by atoms with Gasteiger partial charge in [0.15, 0.2) is 0 Å². The zero-order valence-electron chi connectivity index (χ0n) is 14.1. The number of nitrogens with zero attached hydrogens (tertiary/aromatic N) is 1. The number of nitrogens with one attached hydrogen (secondary N) is 3. The number of non-ortho nitro benzene ring substituents is 1. The van der Waals surface area contributed by atoms with Crippen LogP contribution in [-0.4, -0.2) is 28.9 Å². The van der Waals surface area contributed by atoms with Crippen LogP contribution in [0.4, 0.5) is 11.4 Å². The SMILES string of the molecule is O=C(NCCNc1ccc([N+](=O)[O-])cc1)c1ccc(-c2ccco2)[nH]c1=O. The van der Waals surface area contributed by atoms with Gasteiger partial charge in [0.25, 0.3) is 17.2 Å². The summed E-state index contributed by atoms with van der Waals surface area (Å²) < 4.78 is 5.20. The summed E-state index contributed by atoms with van der Waals surface area (Å²) in [6.45, 7) is 0.668. The Bertz CT molecular complexity index is 993. The highest BCUT2D eigenvalue weighted by atomic mass is 16.6. The highest BCUT2D eigenvalue weighted by Crippen LogP contribution is 2.16. The lowest BCUT2D eigenvalue weighted by atomic mass is 10.2. The van der Waals surface area contributed by atoms with E-state index < -0.39 is 16.4 Å². The van der Waals surface area contributed by atoms with E-state index in [-0.39, 0.29) is 17.8 Å². The molecular formula is C18H16N4O5. The summed E-state index contributed by atoms with van der Waals surface area (Å²) in [5.41, 5.74) is 0.674. The second-order valence-electron chi connectivity index (χ2n) is 5.58. The molecule has 3 aromatic rings. The lowest BCUT2D eigenvalue weighted by Crippen LogP contribution is -2.32. The number of aromatic amines is 1. The standard InChI is InChI=1S/C18H16N4O5/c23-17(14-7-8-15(21-18(14)24)16-2-1-11-27-16)20-10-9-19-12-3-5-13(6-4-12)22(25)26/h1-8,11,19H,9-10H2,(H,20,23)(H,21,24). The molecule has 9 nitrogen and oxygen atoms in total. The number of H-pyrrole nitrogens is 1. The average Bonchev–Trinajstić information content (AvgIpc) is 3.20. The van der Waals surface area contributed by atoms with Gasteiger partial charge in [-0.2, -0.15) is 0 Å². The van der Waals surface area contributed by atoms with Crippen molar-refractivity contribution < 1.29 is 14.1 Å². The van der Waals surface area contributed by atoms with Crippen LogP contribution >= 0.6 is 0 Å². The minimum Gasteiger partial charge on any atom is -0.463 e. The van der Waals surface area contributed by atoms with Gasteiger partial charge in [0.2, 0.25) is 0 Å². The zero-order chi connectivity index (χ0) is 19.2. The van der Waals surface area contributed by atoms with E-state index in [1.807, 2.05) is 0 Å². The first-order chi connectivity index (χ1) is 13.0. The number of furan rings is 1. The van der Waals surface area contributed by atoms with Crippen LogP contribution in [0.2, 0.25) is 0 Å². The fourth-order valence-corrected chi connectivity index (χ4v) is 2.41. The van der Waals surface area contributed by atoms with Crippen molar-refractivity contribution in [3.63, 3.8) is 0 Å². The number of anilines is 1. The number of carbonyl (C=O) groups excluding carboxylic acids is 1. The number of pyridine rings is 1. The average molecular weight is 368 g/mol. The van der Waals surface area contributed by atoms with Crippen LogP contribution in [0.25, 0.3) is 11.5 Å². The third-order valence-electron chi connectivity index (χ3n) is 3.76. The summed E-state index contributed by atoms with van der Waals surface area (Å²) in [7, 11) is 0. The summed E-state index contributed by atoms with van der Waals surface area (Å²) >= 11 is 0. The van der Waals surface area contributed by atoms with Crippen molar-refractivity contribution in [2.24, 2.45) is 0 Å². The third kappa shape index (κ3) is 4.40. The van der Waals surface area contributed by atoms with E-state index in [2.05, 4.69) is 15.6 Å². The highest BCUT2D eigenvalue weighted by Gasteiger charge is 2.12. The predicted octanol–water partition coefficient (Wildman–Crippen LogP) is 2.38. The van der Waals surface area contributed by atoms with E-state index in [1.165, 1.54) is 24.5 Å². The molecule has 0 aliphatic carbocycles. The molecular weight excluding hydrogens is 352 g/mol. The van der Waals surface area contributed by atoms with E-state index in [9.17, 15) is 19.7 Å². The van der Waals surface area contributed by atoms with Crippen LogP contribution in [0.1, 0.15) is 10.4 Å². The Morgan fingerprint density at radius 3 is 2.52 bits per heavy atom. The van der Waals surface area contributed by atoms with Gasteiger partial charge < -0.3 is 20.0 Å². The predicted molar refractivity (Wildman–Crippen MR) is 98.7 cm³/mol. The largest absolute Gasteiger partial charge is 0.463 e. The smallest absolute Gasteiger partial charge is 0.269 e. The molecule has 2 heterocycles. The number of benzene rings is 1. The lowest BCUT2D eigenvalue weighted by molar-refractivity contribution is -0.384. The number of carbonyl (C=O) groups is 1. The summed E-state index contributed by atoms with van der Waals surface area (Å²) in [6.07, 6.45) is 1.49. The second-order valence-corrected chi connectivity index (χ2v) is 5.58. The quantitative estimate of drug-likeness (QED) is 0.333. The van der Waals surface area contributed by atoms with Crippen molar-refractivity contribution in [3.05, 3.63) is 80.8 Å². The summed E-state index contributed by atoms with van der Waals surface area (Å²) in [6, 6.07) is 12.4. The summed E-state index contributed by atoms with van der Waals surface area (Å²) in [5, 5.41) is 16.3. The van der Waals surface area contributed by atoms with Gasteiger partial charge in [-0.1, -0.05) is 0 Å².